The monoisotopic (exact) mass is 456 g/mol. The fourth-order valence-electron chi connectivity index (χ4n) is 3.07. The van der Waals surface area contributed by atoms with Crippen LogP contribution in [0, 0.1) is 0 Å². The Labute approximate surface area is 189 Å². The van der Waals surface area contributed by atoms with Gasteiger partial charge in [0.05, 0.1) is 18.6 Å². The number of anilines is 1. The molecule has 0 atom stereocenters. The van der Waals surface area contributed by atoms with Crippen molar-refractivity contribution in [1.82, 2.24) is 4.90 Å². The maximum Gasteiger partial charge on any atom is 0.322 e. The van der Waals surface area contributed by atoms with Crippen LogP contribution >= 0.6 is 0 Å². The minimum absolute atomic E-state index is 0.125. The molecule has 0 radical (unpaired) electrons. The highest BCUT2D eigenvalue weighted by atomic mass is 32.2. The number of nitrogens with zero attached hydrogens (tertiary/aromatic N) is 1. The molecule has 1 N–H and O–H groups in total. The maximum atomic E-state index is 13.1. The molecule has 0 aliphatic carbocycles. The number of hydrogen-bond donors (Lipinski definition) is 1. The fraction of sp³-hybridized carbons (Fsp3) is 0.292. The molecule has 0 aliphatic heterocycles. The summed E-state index contributed by atoms with van der Waals surface area (Å²) >= 11 is 0. The molecule has 7 nitrogen and oxygen atoms in total. The van der Waals surface area contributed by atoms with E-state index in [9.17, 15) is 13.2 Å². The summed E-state index contributed by atoms with van der Waals surface area (Å²) in [6.45, 7) is 6.23. The largest absolute Gasteiger partial charge is 0.467 e. The summed E-state index contributed by atoms with van der Waals surface area (Å²) in [7, 11) is -3.63. The number of nitrogens with one attached hydrogen (secondary N) is 1. The summed E-state index contributed by atoms with van der Waals surface area (Å²) in [5.41, 5.74) is 2.61. The van der Waals surface area contributed by atoms with Crippen LogP contribution in [0.1, 0.15) is 43.6 Å². The second-order valence-electron chi connectivity index (χ2n) is 7.72. The lowest BCUT2D eigenvalue weighted by Crippen LogP contribution is -2.34. The maximum absolute atomic E-state index is 13.1. The summed E-state index contributed by atoms with van der Waals surface area (Å²) in [6.07, 6.45) is 1.56. The molecular weight excluding hydrogens is 428 g/mol. The molecule has 2 amide bonds. The first-order valence-corrected chi connectivity index (χ1v) is 12.0. The molecule has 8 heteroatoms. The van der Waals surface area contributed by atoms with Crippen LogP contribution in [0.25, 0.3) is 0 Å². The fourth-order valence-corrected chi connectivity index (χ4v) is 3.58. The van der Waals surface area contributed by atoms with E-state index in [1.165, 1.54) is 12.5 Å². The van der Waals surface area contributed by atoms with Gasteiger partial charge in [-0.1, -0.05) is 38.1 Å². The lowest BCUT2D eigenvalue weighted by atomic mass is 10.0. The number of amides is 2. The molecule has 0 fully saturated rings. The Morgan fingerprint density at radius 1 is 1.06 bits per heavy atom. The molecule has 2 aromatic carbocycles. The summed E-state index contributed by atoms with van der Waals surface area (Å²) in [4.78, 5) is 14.7. The smallest absolute Gasteiger partial charge is 0.322 e. The van der Waals surface area contributed by atoms with Crippen LogP contribution in [-0.2, 0) is 23.2 Å². The van der Waals surface area contributed by atoms with Gasteiger partial charge < -0.3 is 18.8 Å². The van der Waals surface area contributed by atoms with Gasteiger partial charge in [-0.3, -0.25) is 0 Å². The van der Waals surface area contributed by atoms with E-state index >= 15 is 0 Å². The Morgan fingerprint density at radius 2 is 1.81 bits per heavy atom. The number of furan rings is 1. The third-order valence-electron chi connectivity index (χ3n) is 4.89. The van der Waals surface area contributed by atoms with Gasteiger partial charge in [-0.2, -0.15) is 8.42 Å². The van der Waals surface area contributed by atoms with Gasteiger partial charge in [-0.05, 0) is 60.4 Å². The molecule has 0 spiro atoms. The molecule has 0 saturated carbocycles. The topological polar surface area (TPSA) is 88.9 Å². The van der Waals surface area contributed by atoms with Crippen molar-refractivity contribution >= 4 is 21.8 Å². The van der Waals surface area contributed by atoms with Crippen LogP contribution in [0.4, 0.5) is 10.5 Å². The Hall–Kier alpha value is -3.26. The molecule has 3 rings (SSSR count). The lowest BCUT2D eigenvalue weighted by molar-refractivity contribution is 0.201. The highest BCUT2D eigenvalue weighted by Crippen LogP contribution is 2.21. The average molecular weight is 457 g/mol. The lowest BCUT2D eigenvalue weighted by Gasteiger charge is -2.23. The Bertz CT molecular complexity index is 1120. The molecule has 0 unspecified atom stereocenters. The van der Waals surface area contributed by atoms with E-state index < -0.39 is 10.1 Å². The molecule has 1 aromatic heterocycles. The zero-order valence-electron chi connectivity index (χ0n) is 18.4. The predicted molar refractivity (Wildman–Crippen MR) is 124 cm³/mol. The highest BCUT2D eigenvalue weighted by Gasteiger charge is 2.17. The molecule has 0 aliphatic rings. The van der Waals surface area contributed by atoms with Crippen molar-refractivity contribution in [1.29, 1.82) is 0 Å². The van der Waals surface area contributed by atoms with E-state index in [0.29, 0.717) is 17.4 Å². The van der Waals surface area contributed by atoms with Gasteiger partial charge in [0, 0.05) is 12.2 Å². The van der Waals surface area contributed by atoms with E-state index in [1.807, 2.05) is 30.3 Å². The van der Waals surface area contributed by atoms with Crippen LogP contribution in [0.5, 0.6) is 5.75 Å². The summed E-state index contributed by atoms with van der Waals surface area (Å²) in [5.74, 6) is 1.13. The molecule has 1 heterocycles. The number of benzene rings is 2. The summed E-state index contributed by atoms with van der Waals surface area (Å²) in [5, 5.41) is 2.92. The minimum Gasteiger partial charge on any atom is -0.467 e. The number of hydrogen-bond acceptors (Lipinski definition) is 5. The zero-order valence-corrected chi connectivity index (χ0v) is 19.3. The quantitative estimate of drug-likeness (QED) is 0.438. The van der Waals surface area contributed by atoms with Gasteiger partial charge in [0.2, 0.25) is 0 Å². The molecule has 3 aromatic rings. The van der Waals surface area contributed by atoms with E-state index in [1.54, 1.807) is 41.5 Å². The van der Waals surface area contributed by atoms with E-state index in [0.717, 1.165) is 5.56 Å². The number of urea groups is 1. The Morgan fingerprint density at radius 3 is 2.44 bits per heavy atom. The number of rotatable bonds is 9. The first-order chi connectivity index (χ1) is 15.3. The molecule has 170 valence electrons. The second kappa shape index (κ2) is 10.4. The number of carbonyl (C=O) groups is 1. The normalized spacial score (nSPS) is 11.4. The zero-order chi connectivity index (χ0) is 23.1. The van der Waals surface area contributed by atoms with Crippen LogP contribution in [0.2, 0.25) is 0 Å². The van der Waals surface area contributed by atoms with Crippen LogP contribution in [0.3, 0.4) is 0 Å². The standard InChI is InChI=1S/C24H28N2O5S/c1-4-32(28,29)31-22-8-5-7-19(15-22)16-26(17-23-9-6-14-30-23)24(27)25-21-12-10-20(11-13-21)18(2)3/h5-15,18H,4,16-17H2,1-3H3,(H,25,27). The third kappa shape index (κ3) is 6.62. The molecule has 32 heavy (non-hydrogen) atoms. The van der Waals surface area contributed by atoms with Crippen molar-refractivity contribution in [3.05, 3.63) is 83.8 Å². The third-order valence-corrected chi connectivity index (χ3v) is 6.04. The summed E-state index contributed by atoms with van der Waals surface area (Å²) < 4.78 is 34.1. The van der Waals surface area contributed by atoms with Crippen molar-refractivity contribution in [2.45, 2.75) is 39.8 Å². The van der Waals surface area contributed by atoms with Crippen molar-refractivity contribution in [3.8, 4) is 5.75 Å². The summed E-state index contributed by atoms with van der Waals surface area (Å²) in [6, 6.07) is 17.7. The highest BCUT2D eigenvalue weighted by molar-refractivity contribution is 7.87. The van der Waals surface area contributed by atoms with Gasteiger partial charge in [-0.15, -0.1) is 0 Å². The van der Waals surface area contributed by atoms with Gasteiger partial charge in [0.25, 0.3) is 0 Å². The van der Waals surface area contributed by atoms with Crippen LogP contribution < -0.4 is 9.50 Å². The van der Waals surface area contributed by atoms with Crippen LogP contribution in [-0.4, -0.2) is 25.1 Å². The Kier molecular flexibility index (Phi) is 7.58. The molecular formula is C24H28N2O5S. The van der Waals surface area contributed by atoms with Crippen molar-refractivity contribution in [2.24, 2.45) is 0 Å². The number of carbonyl (C=O) groups excluding carboxylic acids is 1. The van der Waals surface area contributed by atoms with Gasteiger partial charge in [-0.25, -0.2) is 4.79 Å². The van der Waals surface area contributed by atoms with E-state index in [-0.39, 0.29) is 30.6 Å². The Balaban J connectivity index is 1.77. The molecule has 0 saturated heterocycles. The van der Waals surface area contributed by atoms with Crippen LogP contribution in [0.15, 0.2) is 71.3 Å². The van der Waals surface area contributed by atoms with Gasteiger partial charge in [0.1, 0.15) is 11.5 Å². The minimum atomic E-state index is -3.63. The first kappa shape index (κ1) is 23.4. The van der Waals surface area contributed by atoms with Gasteiger partial charge in [0.15, 0.2) is 0 Å². The van der Waals surface area contributed by atoms with Crippen molar-refractivity contribution in [2.75, 3.05) is 11.1 Å². The molecule has 0 bridgehead atoms. The van der Waals surface area contributed by atoms with Gasteiger partial charge >= 0.3 is 16.1 Å². The van der Waals surface area contributed by atoms with Crippen molar-refractivity contribution < 1.29 is 21.8 Å². The van der Waals surface area contributed by atoms with E-state index in [4.69, 9.17) is 8.60 Å². The predicted octanol–water partition coefficient (Wildman–Crippen LogP) is 5.37. The first-order valence-electron chi connectivity index (χ1n) is 10.4. The van der Waals surface area contributed by atoms with E-state index in [2.05, 4.69) is 19.2 Å². The average Bonchev–Trinajstić information content (AvgIpc) is 3.27. The van der Waals surface area contributed by atoms with Crippen molar-refractivity contribution in [3.63, 3.8) is 0 Å². The SMILES string of the molecule is CCS(=O)(=O)Oc1cccc(CN(Cc2ccco2)C(=O)Nc2ccc(C(C)C)cc2)c1. The second-order valence-corrected chi connectivity index (χ2v) is 9.58.